The maximum Gasteiger partial charge on any atom is 0.416 e. The zero-order chi connectivity index (χ0) is 20.6. The first kappa shape index (κ1) is 18.7. The Morgan fingerprint density at radius 2 is 1.76 bits per heavy atom. The fraction of sp³-hybridized carbons (Fsp3) is 0.0476. The van der Waals surface area contributed by atoms with Crippen LogP contribution in [0.1, 0.15) is 16.9 Å². The summed E-state index contributed by atoms with van der Waals surface area (Å²) in [5.41, 5.74) is -0.652. The lowest BCUT2D eigenvalue weighted by Crippen LogP contribution is -2.07. The molecule has 0 bridgehead atoms. The van der Waals surface area contributed by atoms with Crippen molar-refractivity contribution < 1.29 is 31.5 Å². The minimum atomic E-state index is -4.47. The number of alkyl halides is 3. The molecular formula is C21H11F4NO3. The summed E-state index contributed by atoms with van der Waals surface area (Å²) in [5.74, 6) is -1.19. The third kappa shape index (κ3) is 3.82. The van der Waals surface area contributed by atoms with Crippen molar-refractivity contribution in [2.45, 2.75) is 6.18 Å². The normalized spacial score (nSPS) is 15.5. The number of nitrogens with zero attached hydrogens (tertiary/aromatic N) is 1. The third-order valence-electron chi connectivity index (χ3n) is 4.10. The lowest BCUT2D eigenvalue weighted by molar-refractivity contribution is -0.137. The van der Waals surface area contributed by atoms with E-state index in [2.05, 4.69) is 4.99 Å². The fourth-order valence-corrected chi connectivity index (χ4v) is 2.73. The van der Waals surface area contributed by atoms with Crippen LogP contribution in [0.4, 0.5) is 17.6 Å². The summed E-state index contributed by atoms with van der Waals surface area (Å²) < 4.78 is 63.0. The Bertz CT molecular complexity index is 1160. The van der Waals surface area contributed by atoms with Gasteiger partial charge in [-0.2, -0.15) is 13.2 Å². The van der Waals surface area contributed by atoms with Crippen LogP contribution >= 0.6 is 0 Å². The topological polar surface area (TPSA) is 51.8 Å². The van der Waals surface area contributed by atoms with E-state index in [-0.39, 0.29) is 34.2 Å². The molecule has 1 aromatic heterocycles. The zero-order valence-corrected chi connectivity index (χ0v) is 14.5. The molecule has 0 saturated carbocycles. The van der Waals surface area contributed by atoms with Gasteiger partial charge in [0.2, 0.25) is 5.90 Å². The number of furan rings is 1. The number of rotatable bonds is 3. The van der Waals surface area contributed by atoms with Crippen molar-refractivity contribution in [1.29, 1.82) is 0 Å². The number of halogens is 4. The van der Waals surface area contributed by atoms with Crippen LogP contribution in [0.3, 0.4) is 0 Å². The number of esters is 1. The van der Waals surface area contributed by atoms with Gasteiger partial charge < -0.3 is 9.15 Å². The zero-order valence-electron chi connectivity index (χ0n) is 14.5. The number of carbonyl (C=O) groups is 1. The maximum absolute atomic E-state index is 13.8. The minimum Gasteiger partial charge on any atom is -0.457 e. The van der Waals surface area contributed by atoms with E-state index in [0.717, 1.165) is 12.1 Å². The van der Waals surface area contributed by atoms with E-state index in [0.29, 0.717) is 0 Å². The number of ether oxygens (including phenoxy) is 1. The molecule has 1 aliphatic rings. The molecule has 1 aliphatic heterocycles. The van der Waals surface area contributed by atoms with E-state index < -0.39 is 23.5 Å². The molecule has 146 valence electrons. The van der Waals surface area contributed by atoms with Crippen LogP contribution in [-0.4, -0.2) is 11.9 Å². The number of hydrogen-bond acceptors (Lipinski definition) is 4. The van der Waals surface area contributed by atoms with Crippen molar-refractivity contribution in [3.63, 3.8) is 0 Å². The van der Waals surface area contributed by atoms with Crippen LogP contribution in [0, 0.1) is 5.82 Å². The standard InChI is InChI=1S/C21H11F4NO3/c22-16-7-2-1-6-15(16)19-26-17(20(27)29-19)11-14-8-9-18(28-14)12-4-3-5-13(10-12)21(23,24)25/h1-11H/b17-11-. The smallest absolute Gasteiger partial charge is 0.416 e. The molecule has 0 fully saturated rings. The molecule has 3 aromatic rings. The Morgan fingerprint density at radius 3 is 2.52 bits per heavy atom. The minimum absolute atomic E-state index is 0.0355. The first-order chi connectivity index (χ1) is 13.8. The van der Waals surface area contributed by atoms with Crippen LogP contribution in [0.25, 0.3) is 17.4 Å². The molecule has 0 amide bonds. The Hall–Kier alpha value is -3.68. The average Bonchev–Trinajstić information content (AvgIpc) is 3.29. The highest BCUT2D eigenvalue weighted by atomic mass is 19.4. The second-order valence-electron chi connectivity index (χ2n) is 6.10. The second-order valence-corrected chi connectivity index (χ2v) is 6.10. The highest BCUT2D eigenvalue weighted by Crippen LogP contribution is 2.33. The number of carbonyl (C=O) groups excluding carboxylic acids is 1. The van der Waals surface area contributed by atoms with Crippen LogP contribution in [0.5, 0.6) is 0 Å². The molecule has 0 atom stereocenters. The molecule has 0 spiro atoms. The first-order valence-corrected chi connectivity index (χ1v) is 8.36. The van der Waals surface area contributed by atoms with Crippen molar-refractivity contribution in [3.05, 3.63) is 89.1 Å². The monoisotopic (exact) mass is 401 g/mol. The number of aliphatic imine (C=N–C) groups is 1. The predicted molar refractivity (Wildman–Crippen MR) is 96.2 cm³/mol. The van der Waals surface area contributed by atoms with Gasteiger partial charge in [0.1, 0.15) is 17.3 Å². The van der Waals surface area contributed by atoms with Gasteiger partial charge in [-0.3, -0.25) is 0 Å². The Labute approximate surface area is 161 Å². The SMILES string of the molecule is O=C1OC(c2ccccc2F)=N/C1=C\c1ccc(-c2cccc(C(F)(F)F)c2)o1. The predicted octanol–water partition coefficient (Wildman–Crippen LogP) is 5.45. The number of benzene rings is 2. The van der Waals surface area contributed by atoms with Crippen LogP contribution < -0.4 is 0 Å². The summed E-state index contributed by atoms with van der Waals surface area (Å²) in [6, 6.07) is 13.3. The molecule has 29 heavy (non-hydrogen) atoms. The van der Waals surface area contributed by atoms with Gasteiger partial charge in [-0.25, -0.2) is 14.2 Å². The summed E-state index contributed by atoms with van der Waals surface area (Å²) in [4.78, 5) is 16.0. The summed E-state index contributed by atoms with van der Waals surface area (Å²) in [5, 5.41) is 0. The van der Waals surface area contributed by atoms with E-state index in [1.807, 2.05) is 0 Å². The van der Waals surface area contributed by atoms with Gasteiger partial charge in [0.25, 0.3) is 0 Å². The van der Waals surface area contributed by atoms with Gasteiger partial charge in [-0.1, -0.05) is 24.3 Å². The quantitative estimate of drug-likeness (QED) is 0.333. The lowest BCUT2D eigenvalue weighted by Gasteiger charge is -2.07. The second kappa shape index (κ2) is 7.05. The van der Waals surface area contributed by atoms with Gasteiger partial charge in [0, 0.05) is 11.6 Å². The van der Waals surface area contributed by atoms with Crippen LogP contribution in [0.15, 0.2) is 75.8 Å². The number of hydrogen-bond donors (Lipinski definition) is 0. The molecular weight excluding hydrogens is 390 g/mol. The van der Waals surface area contributed by atoms with Crippen molar-refractivity contribution in [3.8, 4) is 11.3 Å². The van der Waals surface area contributed by atoms with E-state index in [1.165, 1.54) is 48.5 Å². The fourth-order valence-electron chi connectivity index (χ4n) is 2.73. The average molecular weight is 401 g/mol. The Balaban J connectivity index is 1.63. The Morgan fingerprint density at radius 1 is 0.966 bits per heavy atom. The largest absolute Gasteiger partial charge is 0.457 e. The van der Waals surface area contributed by atoms with E-state index in [4.69, 9.17) is 9.15 Å². The summed E-state index contributed by atoms with van der Waals surface area (Å²) in [6.07, 6.45) is -3.20. The summed E-state index contributed by atoms with van der Waals surface area (Å²) in [6.45, 7) is 0. The molecule has 0 aliphatic carbocycles. The molecule has 8 heteroatoms. The van der Waals surface area contributed by atoms with Gasteiger partial charge in [0.05, 0.1) is 11.1 Å². The number of cyclic esters (lactones) is 1. The highest BCUT2D eigenvalue weighted by molar-refractivity contribution is 6.12. The van der Waals surface area contributed by atoms with E-state index in [1.54, 1.807) is 6.07 Å². The van der Waals surface area contributed by atoms with Gasteiger partial charge >= 0.3 is 12.1 Å². The molecule has 2 heterocycles. The summed E-state index contributed by atoms with van der Waals surface area (Å²) >= 11 is 0. The van der Waals surface area contributed by atoms with Crippen molar-refractivity contribution in [2.24, 2.45) is 4.99 Å². The van der Waals surface area contributed by atoms with Crippen molar-refractivity contribution >= 4 is 17.9 Å². The van der Waals surface area contributed by atoms with E-state index in [9.17, 15) is 22.4 Å². The summed E-state index contributed by atoms with van der Waals surface area (Å²) in [7, 11) is 0. The van der Waals surface area contributed by atoms with Gasteiger partial charge in [0.15, 0.2) is 5.70 Å². The third-order valence-corrected chi connectivity index (χ3v) is 4.10. The molecule has 0 saturated heterocycles. The molecule has 0 radical (unpaired) electrons. The van der Waals surface area contributed by atoms with E-state index >= 15 is 0 Å². The lowest BCUT2D eigenvalue weighted by atomic mass is 10.1. The van der Waals surface area contributed by atoms with Gasteiger partial charge in [-0.15, -0.1) is 0 Å². The highest BCUT2D eigenvalue weighted by Gasteiger charge is 2.31. The van der Waals surface area contributed by atoms with Crippen LogP contribution in [0.2, 0.25) is 0 Å². The van der Waals surface area contributed by atoms with Crippen LogP contribution in [-0.2, 0) is 15.7 Å². The molecule has 2 aromatic carbocycles. The molecule has 4 rings (SSSR count). The molecule has 4 nitrogen and oxygen atoms in total. The molecule has 0 unspecified atom stereocenters. The van der Waals surface area contributed by atoms with Gasteiger partial charge in [-0.05, 0) is 36.4 Å². The van der Waals surface area contributed by atoms with Crippen molar-refractivity contribution in [2.75, 3.05) is 0 Å². The van der Waals surface area contributed by atoms with Crippen molar-refractivity contribution in [1.82, 2.24) is 0 Å². The Kier molecular flexibility index (Phi) is 4.54. The molecule has 0 N–H and O–H groups in total. The maximum atomic E-state index is 13.8. The first-order valence-electron chi connectivity index (χ1n) is 8.36.